The molecule has 116 valence electrons. The molecule has 3 rings (SSSR count). The molecule has 1 aliphatic carbocycles. The van der Waals surface area contributed by atoms with Crippen LogP contribution in [-0.4, -0.2) is 16.5 Å². The van der Waals surface area contributed by atoms with E-state index >= 15 is 0 Å². The number of rotatable bonds is 4. The lowest BCUT2D eigenvalue weighted by Crippen LogP contribution is -2.28. The zero-order valence-electron chi connectivity index (χ0n) is 13.6. The first-order valence-electron chi connectivity index (χ1n) is 8.91. The second-order valence-electron chi connectivity index (χ2n) is 6.76. The van der Waals surface area contributed by atoms with Crippen molar-refractivity contribution in [1.29, 1.82) is 0 Å². The lowest BCUT2D eigenvalue weighted by atomic mass is 9.80. The van der Waals surface area contributed by atoms with Crippen LogP contribution < -0.4 is 5.32 Å². The highest BCUT2D eigenvalue weighted by Crippen LogP contribution is 2.36. The van der Waals surface area contributed by atoms with Crippen LogP contribution in [-0.2, 0) is 19.4 Å². The molecule has 1 aromatic rings. The minimum absolute atomic E-state index is 0.607. The van der Waals surface area contributed by atoms with Crippen LogP contribution >= 0.6 is 0 Å². The number of hydrogen-bond donors (Lipinski definition) is 1. The normalized spacial score (nSPS) is 25.6. The fourth-order valence-corrected chi connectivity index (χ4v) is 3.91. The van der Waals surface area contributed by atoms with Gasteiger partial charge in [-0.2, -0.15) is 0 Å². The molecule has 0 unspecified atom stereocenters. The molecule has 1 aliphatic heterocycles. The average Bonchev–Trinajstić information content (AvgIpc) is 2.55. The van der Waals surface area contributed by atoms with Gasteiger partial charge in [0.25, 0.3) is 0 Å². The van der Waals surface area contributed by atoms with Gasteiger partial charge in [0, 0.05) is 18.2 Å². The summed E-state index contributed by atoms with van der Waals surface area (Å²) in [6.45, 7) is 6.59. The van der Waals surface area contributed by atoms with E-state index in [4.69, 9.17) is 9.97 Å². The third-order valence-corrected chi connectivity index (χ3v) is 5.32. The number of aryl methyl sites for hydroxylation is 1. The van der Waals surface area contributed by atoms with Crippen molar-refractivity contribution in [3.05, 3.63) is 22.8 Å². The fourth-order valence-electron chi connectivity index (χ4n) is 3.91. The largest absolute Gasteiger partial charge is 0.311 e. The Morgan fingerprint density at radius 3 is 2.62 bits per heavy atom. The van der Waals surface area contributed by atoms with Gasteiger partial charge in [0.1, 0.15) is 5.82 Å². The summed E-state index contributed by atoms with van der Waals surface area (Å²) in [6.07, 6.45) is 10.0. The second-order valence-corrected chi connectivity index (χ2v) is 6.76. The molecule has 0 radical (unpaired) electrons. The topological polar surface area (TPSA) is 37.8 Å². The van der Waals surface area contributed by atoms with E-state index in [1.807, 2.05) is 0 Å². The summed E-state index contributed by atoms with van der Waals surface area (Å²) in [7, 11) is 0. The standard InChI is InChI=1S/C18H29N3/c1-3-5-16-15-10-11-19-12-17(15)21-18(20-16)14-8-6-13(4-2)7-9-14/h13-14,19H,3-12H2,1-2H3. The molecule has 2 heterocycles. The van der Waals surface area contributed by atoms with Gasteiger partial charge in [-0.3, -0.25) is 0 Å². The van der Waals surface area contributed by atoms with E-state index in [0.29, 0.717) is 5.92 Å². The van der Waals surface area contributed by atoms with Crippen molar-refractivity contribution in [3.8, 4) is 0 Å². The summed E-state index contributed by atoms with van der Waals surface area (Å²) < 4.78 is 0. The molecule has 0 aromatic carbocycles. The molecule has 2 aliphatic rings. The van der Waals surface area contributed by atoms with Crippen LogP contribution in [0.25, 0.3) is 0 Å². The zero-order valence-corrected chi connectivity index (χ0v) is 13.6. The molecule has 0 atom stereocenters. The van der Waals surface area contributed by atoms with Crippen molar-refractivity contribution in [3.63, 3.8) is 0 Å². The zero-order chi connectivity index (χ0) is 14.7. The third kappa shape index (κ3) is 3.28. The third-order valence-electron chi connectivity index (χ3n) is 5.32. The molecule has 0 saturated heterocycles. The first-order chi connectivity index (χ1) is 10.3. The van der Waals surface area contributed by atoms with Crippen molar-refractivity contribution < 1.29 is 0 Å². The van der Waals surface area contributed by atoms with Crippen molar-refractivity contribution in [2.45, 2.75) is 77.7 Å². The Hall–Kier alpha value is -0.960. The van der Waals surface area contributed by atoms with Gasteiger partial charge in [-0.15, -0.1) is 0 Å². The molecule has 1 aromatic heterocycles. The summed E-state index contributed by atoms with van der Waals surface area (Å²) in [5.41, 5.74) is 4.07. The Balaban J connectivity index is 1.83. The quantitative estimate of drug-likeness (QED) is 0.916. The Morgan fingerprint density at radius 1 is 1.10 bits per heavy atom. The minimum atomic E-state index is 0.607. The summed E-state index contributed by atoms with van der Waals surface area (Å²) >= 11 is 0. The highest BCUT2D eigenvalue weighted by atomic mass is 15.0. The van der Waals surface area contributed by atoms with Crippen molar-refractivity contribution in [2.75, 3.05) is 6.54 Å². The van der Waals surface area contributed by atoms with Crippen molar-refractivity contribution in [2.24, 2.45) is 5.92 Å². The first kappa shape index (κ1) is 15.0. The number of fused-ring (bicyclic) bond motifs is 1. The molecule has 0 bridgehead atoms. The van der Waals surface area contributed by atoms with E-state index in [2.05, 4.69) is 19.2 Å². The highest BCUT2D eigenvalue weighted by Gasteiger charge is 2.25. The number of nitrogens with one attached hydrogen (secondary N) is 1. The number of hydrogen-bond acceptors (Lipinski definition) is 3. The van der Waals surface area contributed by atoms with Gasteiger partial charge in [0.15, 0.2) is 0 Å². The Bertz CT molecular complexity index is 476. The summed E-state index contributed by atoms with van der Waals surface area (Å²) in [4.78, 5) is 9.97. The summed E-state index contributed by atoms with van der Waals surface area (Å²) in [6, 6.07) is 0. The molecular weight excluding hydrogens is 258 g/mol. The maximum atomic E-state index is 5.01. The van der Waals surface area contributed by atoms with Gasteiger partial charge in [-0.1, -0.05) is 26.7 Å². The molecule has 1 N–H and O–H groups in total. The summed E-state index contributed by atoms with van der Waals surface area (Å²) in [5.74, 6) is 2.70. The fraction of sp³-hybridized carbons (Fsp3) is 0.778. The maximum Gasteiger partial charge on any atom is 0.132 e. The Labute approximate surface area is 129 Å². The predicted molar refractivity (Wildman–Crippen MR) is 86.4 cm³/mol. The highest BCUT2D eigenvalue weighted by molar-refractivity contribution is 5.29. The van der Waals surface area contributed by atoms with Gasteiger partial charge < -0.3 is 5.32 Å². The van der Waals surface area contributed by atoms with E-state index in [1.54, 1.807) is 0 Å². The van der Waals surface area contributed by atoms with E-state index in [-0.39, 0.29) is 0 Å². The monoisotopic (exact) mass is 287 g/mol. The lowest BCUT2D eigenvalue weighted by molar-refractivity contribution is 0.311. The first-order valence-corrected chi connectivity index (χ1v) is 8.91. The van der Waals surface area contributed by atoms with Gasteiger partial charge >= 0.3 is 0 Å². The van der Waals surface area contributed by atoms with E-state index in [9.17, 15) is 0 Å². The van der Waals surface area contributed by atoms with Crippen molar-refractivity contribution in [1.82, 2.24) is 15.3 Å². The summed E-state index contributed by atoms with van der Waals surface area (Å²) in [5, 5.41) is 3.47. The molecule has 21 heavy (non-hydrogen) atoms. The number of nitrogens with zero attached hydrogens (tertiary/aromatic N) is 2. The Morgan fingerprint density at radius 2 is 1.90 bits per heavy atom. The van der Waals surface area contributed by atoms with Crippen molar-refractivity contribution >= 4 is 0 Å². The second kappa shape index (κ2) is 6.87. The SMILES string of the molecule is CCCc1nc(C2CCC(CC)CC2)nc2c1CCNC2. The minimum Gasteiger partial charge on any atom is -0.311 e. The van der Waals surface area contributed by atoms with E-state index in [1.165, 1.54) is 55.5 Å². The maximum absolute atomic E-state index is 5.01. The van der Waals surface area contributed by atoms with Crippen LogP contribution in [0.1, 0.15) is 81.1 Å². The smallest absolute Gasteiger partial charge is 0.132 e. The predicted octanol–water partition coefficient (Wildman–Crippen LogP) is 3.76. The van der Waals surface area contributed by atoms with Crippen LogP contribution in [0.15, 0.2) is 0 Å². The van der Waals surface area contributed by atoms with Crippen LogP contribution in [0.5, 0.6) is 0 Å². The molecule has 0 amide bonds. The van der Waals surface area contributed by atoms with Crippen LogP contribution in [0.2, 0.25) is 0 Å². The van der Waals surface area contributed by atoms with Crippen LogP contribution in [0.3, 0.4) is 0 Å². The van der Waals surface area contributed by atoms with Gasteiger partial charge in [-0.05, 0) is 56.6 Å². The molecule has 3 nitrogen and oxygen atoms in total. The van der Waals surface area contributed by atoms with Gasteiger partial charge in [0.2, 0.25) is 0 Å². The van der Waals surface area contributed by atoms with E-state index < -0.39 is 0 Å². The van der Waals surface area contributed by atoms with Crippen LogP contribution in [0, 0.1) is 5.92 Å². The van der Waals surface area contributed by atoms with Gasteiger partial charge in [0.05, 0.1) is 5.69 Å². The number of aromatic nitrogens is 2. The lowest BCUT2D eigenvalue weighted by Gasteiger charge is -2.28. The van der Waals surface area contributed by atoms with Crippen LogP contribution in [0.4, 0.5) is 0 Å². The van der Waals surface area contributed by atoms with Gasteiger partial charge in [-0.25, -0.2) is 9.97 Å². The molecule has 0 spiro atoms. The molecule has 1 saturated carbocycles. The molecule has 1 fully saturated rings. The Kier molecular flexibility index (Phi) is 4.89. The molecule has 3 heteroatoms. The average molecular weight is 287 g/mol. The van der Waals surface area contributed by atoms with E-state index in [0.717, 1.165) is 37.7 Å². The molecular formula is C18H29N3.